The Balaban J connectivity index is 1.70. The quantitative estimate of drug-likeness (QED) is 0.545. The van der Waals surface area contributed by atoms with E-state index in [1.807, 2.05) is 12.1 Å². The van der Waals surface area contributed by atoms with Gasteiger partial charge < -0.3 is 24.1 Å². The molecule has 180 valence electrons. The normalized spacial score (nSPS) is 18.2. The fourth-order valence-electron chi connectivity index (χ4n) is 4.64. The van der Waals surface area contributed by atoms with Crippen LogP contribution in [0.2, 0.25) is 0 Å². The van der Waals surface area contributed by atoms with E-state index in [2.05, 4.69) is 0 Å². The van der Waals surface area contributed by atoms with Crippen molar-refractivity contribution in [1.29, 1.82) is 0 Å². The molecule has 0 aromatic heterocycles. The minimum absolute atomic E-state index is 0.0839. The molecule has 0 amide bonds. The summed E-state index contributed by atoms with van der Waals surface area (Å²) in [6.45, 7) is 0. The van der Waals surface area contributed by atoms with E-state index in [9.17, 15) is 14.3 Å². The van der Waals surface area contributed by atoms with Crippen LogP contribution in [-0.2, 0) is 0 Å². The molecule has 2 unspecified atom stereocenters. The molecule has 3 aromatic rings. The highest BCUT2D eigenvalue weighted by Crippen LogP contribution is 2.52. The average molecular weight is 478 g/mol. The van der Waals surface area contributed by atoms with Gasteiger partial charge in [-0.05, 0) is 35.9 Å². The van der Waals surface area contributed by atoms with Gasteiger partial charge in [0.15, 0.2) is 23.0 Å². The summed E-state index contributed by atoms with van der Waals surface area (Å²) in [4.78, 5) is 12.4. The summed E-state index contributed by atoms with van der Waals surface area (Å²) >= 11 is 0. The number of methoxy groups -OCH3 is 3. The largest absolute Gasteiger partial charge is 0.493 e. The first-order valence-electron chi connectivity index (χ1n) is 10.9. The lowest BCUT2D eigenvalue weighted by Crippen LogP contribution is -2.35. The van der Waals surface area contributed by atoms with Crippen LogP contribution in [0.25, 0.3) is 0 Å². The first kappa shape index (κ1) is 22.5. The zero-order valence-corrected chi connectivity index (χ0v) is 19.3. The number of aromatic carboxylic acids is 1. The number of para-hydroxylation sites is 1. The third-order valence-electron chi connectivity index (χ3n) is 6.24. The maximum Gasteiger partial charge on any atom is 0.340 e. The average Bonchev–Trinajstić information content (AvgIpc) is 3.33. The highest BCUT2D eigenvalue weighted by Gasteiger charge is 2.44. The Labute approximate surface area is 201 Å². The fourth-order valence-corrected chi connectivity index (χ4v) is 4.64. The number of hydrogen-bond acceptors (Lipinski definition) is 7. The zero-order chi connectivity index (χ0) is 24.7. The van der Waals surface area contributed by atoms with Crippen molar-refractivity contribution in [3.8, 4) is 23.0 Å². The zero-order valence-electron chi connectivity index (χ0n) is 19.3. The second kappa shape index (κ2) is 8.83. The van der Waals surface area contributed by atoms with Crippen LogP contribution < -0.4 is 18.9 Å². The maximum absolute atomic E-state index is 13.5. The van der Waals surface area contributed by atoms with Gasteiger partial charge in [0.05, 0.1) is 33.1 Å². The van der Waals surface area contributed by atoms with Crippen LogP contribution in [0.5, 0.6) is 23.0 Å². The van der Waals surface area contributed by atoms with Crippen LogP contribution >= 0.6 is 0 Å². The van der Waals surface area contributed by atoms with Crippen molar-refractivity contribution in [2.45, 2.75) is 18.7 Å². The predicted molar refractivity (Wildman–Crippen MR) is 125 cm³/mol. The van der Waals surface area contributed by atoms with Gasteiger partial charge in [0.25, 0.3) is 0 Å². The lowest BCUT2D eigenvalue weighted by atomic mass is 9.94. The molecule has 0 aliphatic carbocycles. The van der Waals surface area contributed by atoms with Gasteiger partial charge in [-0.15, -0.1) is 0 Å². The smallest absolute Gasteiger partial charge is 0.340 e. The van der Waals surface area contributed by atoms with Crippen LogP contribution in [0.3, 0.4) is 0 Å². The molecule has 0 spiro atoms. The van der Waals surface area contributed by atoms with E-state index >= 15 is 0 Å². The lowest BCUT2D eigenvalue weighted by Gasteiger charge is -2.39. The summed E-state index contributed by atoms with van der Waals surface area (Å²) in [7, 11) is 4.38. The number of benzene rings is 3. The van der Waals surface area contributed by atoms with E-state index in [-0.39, 0.29) is 28.9 Å². The van der Waals surface area contributed by atoms with Crippen molar-refractivity contribution >= 4 is 11.7 Å². The first-order valence-corrected chi connectivity index (χ1v) is 10.9. The van der Waals surface area contributed by atoms with Gasteiger partial charge in [-0.25, -0.2) is 14.2 Å². The number of carboxylic acid groups (broad SMARTS) is 1. The summed E-state index contributed by atoms with van der Waals surface area (Å²) in [6.07, 6.45) is -0.380. The van der Waals surface area contributed by atoms with E-state index in [1.54, 1.807) is 42.5 Å². The number of carbonyl (C=O) groups is 1. The van der Waals surface area contributed by atoms with Gasteiger partial charge in [-0.3, -0.25) is 0 Å². The Morgan fingerprint density at radius 2 is 1.74 bits per heavy atom. The van der Waals surface area contributed by atoms with Gasteiger partial charge in [-0.1, -0.05) is 24.3 Å². The van der Waals surface area contributed by atoms with E-state index < -0.39 is 12.2 Å². The number of fused-ring (bicyclic) bond motifs is 3. The molecule has 2 aliphatic heterocycles. The lowest BCUT2D eigenvalue weighted by molar-refractivity contribution is -0.0217. The Bertz CT molecular complexity index is 1320. The monoisotopic (exact) mass is 478 g/mol. The van der Waals surface area contributed by atoms with E-state index in [0.29, 0.717) is 23.5 Å². The van der Waals surface area contributed by atoms with E-state index in [4.69, 9.17) is 24.0 Å². The van der Waals surface area contributed by atoms with Crippen molar-refractivity contribution in [3.05, 3.63) is 82.7 Å². The van der Waals surface area contributed by atoms with Gasteiger partial charge in [0, 0.05) is 17.5 Å². The Kier molecular flexibility index (Phi) is 5.68. The highest BCUT2D eigenvalue weighted by molar-refractivity contribution is 6.02. The molecule has 5 rings (SSSR count). The molecule has 0 bridgehead atoms. The maximum atomic E-state index is 13.5. The molecular weight excluding hydrogens is 455 g/mol. The van der Waals surface area contributed by atoms with Crippen LogP contribution in [0, 0.1) is 5.82 Å². The fraction of sp³-hybridized carbons (Fsp3) is 0.231. The second-order valence-electron chi connectivity index (χ2n) is 8.07. The number of carboxylic acids is 1. The number of rotatable bonds is 6. The van der Waals surface area contributed by atoms with Crippen LogP contribution in [0.1, 0.15) is 45.7 Å². The number of hydrogen-bond donors (Lipinski definition) is 1. The summed E-state index contributed by atoms with van der Waals surface area (Å²) in [5.41, 5.74) is 2.63. The molecule has 35 heavy (non-hydrogen) atoms. The molecule has 0 saturated carbocycles. The third kappa shape index (κ3) is 3.69. The molecule has 0 radical (unpaired) electrons. The van der Waals surface area contributed by atoms with Gasteiger partial charge >= 0.3 is 5.97 Å². The van der Waals surface area contributed by atoms with Crippen LogP contribution in [0.4, 0.5) is 4.39 Å². The highest BCUT2D eigenvalue weighted by atomic mass is 19.1. The number of hydrazone groups is 1. The molecule has 2 atom stereocenters. The van der Waals surface area contributed by atoms with Crippen molar-refractivity contribution in [2.75, 3.05) is 21.3 Å². The molecule has 1 N–H and O–H groups in total. The molecule has 0 fully saturated rings. The SMILES string of the molecule is COc1cccc2c1OC(c1ccc(OC)c(OC)c1C(=O)O)N1N=C(c3ccc(F)cc3)CC21. The molecule has 9 heteroatoms. The Morgan fingerprint density at radius 1 is 1.00 bits per heavy atom. The minimum atomic E-state index is -1.19. The number of nitrogens with zero attached hydrogens (tertiary/aromatic N) is 2. The van der Waals surface area contributed by atoms with Crippen molar-refractivity contribution < 1.29 is 33.2 Å². The summed E-state index contributed by atoms with van der Waals surface area (Å²) in [5.74, 6) is -0.106. The summed E-state index contributed by atoms with van der Waals surface area (Å²) in [6, 6.07) is 14.7. The Hall–Kier alpha value is -4.27. The molecule has 3 aromatic carbocycles. The standard InChI is InChI=1S/C26H23FN2O6/c1-32-20-6-4-5-16-19-13-18(14-7-9-15(27)10-8-14)28-29(19)25(35-23(16)20)17-11-12-21(33-2)24(34-3)22(17)26(30)31/h4-12,19,25H,13H2,1-3H3,(H,30,31). The molecular formula is C26H23FN2O6. The predicted octanol–water partition coefficient (Wildman–Crippen LogP) is 4.79. The molecule has 2 aliphatic rings. The van der Waals surface area contributed by atoms with Gasteiger partial charge in [0.1, 0.15) is 11.4 Å². The Morgan fingerprint density at radius 3 is 2.40 bits per heavy atom. The van der Waals surface area contributed by atoms with E-state index in [0.717, 1.165) is 16.8 Å². The summed E-state index contributed by atoms with van der Waals surface area (Å²) in [5, 5.41) is 16.7. The number of ether oxygens (including phenoxy) is 4. The van der Waals surface area contributed by atoms with Crippen molar-refractivity contribution in [1.82, 2.24) is 5.01 Å². The molecule has 2 heterocycles. The topological polar surface area (TPSA) is 89.8 Å². The van der Waals surface area contributed by atoms with Crippen molar-refractivity contribution in [3.63, 3.8) is 0 Å². The van der Waals surface area contributed by atoms with Crippen molar-refractivity contribution in [2.24, 2.45) is 5.10 Å². The minimum Gasteiger partial charge on any atom is -0.493 e. The molecule has 0 saturated heterocycles. The third-order valence-corrected chi connectivity index (χ3v) is 6.24. The molecule has 8 nitrogen and oxygen atoms in total. The second-order valence-corrected chi connectivity index (χ2v) is 8.07. The van der Waals surface area contributed by atoms with Gasteiger partial charge in [-0.2, -0.15) is 5.10 Å². The van der Waals surface area contributed by atoms with Crippen LogP contribution in [-0.4, -0.2) is 43.1 Å². The summed E-state index contributed by atoms with van der Waals surface area (Å²) < 4.78 is 36.2. The van der Waals surface area contributed by atoms with Crippen LogP contribution in [0.15, 0.2) is 59.7 Å². The van der Waals surface area contributed by atoms with E-state index in [1.165, 1.54) is 26.4 Å². The number of halogens is 1. The van der Waals surface area contributed by atoms with Gasteiger partial charge in [0.2, 0.25) is 6.23 Å². The first-order chi connectivity index (χ1) is 17.0.